The van der Waals surface area contributed by atoms with Crippen molar-refractivity contribution in [2.75, 3.05) is 0 Å². The summed E-state index contributed by atoms with van der Waals surface area (Å²) in [6.45, 7) is 4.54. The van der Waals surface area contributed by atoms with E-state index in [0.29, 0.717) is 5.56 Å². The Hall–Kier alpha value is -1.31. The number of hydrogen-bond acceptors (Lipinski definition) is 1. The molecular formula is C31H54O2. The summed E-state index contributed by atoms with van der Waals surface area (Å²) in [5.74, 6) is -0.788. The fourth-order valence-corrected chi connectivity index (χ4v) is 4.81. The molecule has 0 spiro atoms. The summed E-state index contributed by atoms with van der Waals surface area (Å²) in [5.41, 5.74) is 2.91. The van der Waals surface area contributed by atoms with E-state index in [-0.39, 0.29) is 0 Å². The van der Waals surface area contributed by atoms with Crippen LogP contribution in [0.15, 0.2) is 18.2 Å². The quantitative estimate of drug-likeness (QED) is 0.166. The Bertz CT molecular complexity index is 550. The van der Waals surface area contributed by atoms with Gasteiger partial charge in [-0.3, -0.25) is 0 Å². The van der Waals surface area contributed by atoms with E-state index in [4.69, 9.17) is 0 Å². The highest BCUT2D eigenvalue weighted by atomic mass is 16.4. The Kier molecular flexibility index (Phi) is 19.1. The van der Waals surface area contributed by atoms with Crippen LogP contribution in [0.25, 0.3) is 0 Å². The largest absolute Gasteiger partial charge is 0.478 e. The number of carboxylic acid groups (broad SMARTS) is 1. The van der Waals surface area contributed by atoms with Gasteiger partial charge in [0.05, 0.1) is 5.56 Å². The van der Waals surface area contributed by atoms with Crippen molar-refractivity contribution in [2.45, 2.75) is 155 Å². The van der Waals surface area contributed by atoms with Crippen molar-refractivity contribution in [3.05, 3.63) is 34.9 Å². The molecule has 1 aromatic carbocycles. The van der Waals surface area contributed by atoms with Crippen molar-refractivity contribution in [1.29, 1.82) is 0 Å². The number of unbranched alkanes of at least 4 members (excludes halogenated alkanes) is 18. The molecule has 0 aromatic heterocycles. The third-order valence-electron chi connectivity index (χ3n) is 6.94. The summed E-state index contributed by atoms with van der Waals surface area (Å²) >= 11 is 0. The fourth-order valence-electron chi connectivity index (χ4n) is 4.81. The maximum atomic E-state index is 11.6. The number of carbonyl (C=O) groups is 1. The maximum Gasteiger partial charge on any atom is 0.335 e. The molecule has 0 saturated heterocycles. The number of aromatic carboxylic acids is 1. The normalized spacial score (nSPS) is 11.2. The molecule has 0 saturated carbocycles. The Morgan fingerprint density at radius 1 is 0.515 bits per heavy atom. The molecule has 0 fully saturated rings. The van der Waals surface area contributed by atoms with Gasteiger partial charge in [-0.25, -0.2) is 4.79 Å². The minimum atomic E-state index is -0.788. The molecular weight excluding hydrogens is 404 g/mol. The molecule has 0 unspecified atom stereocenters. The molecule has 1 N–H and O–H groups in total. The molecule has 0 bridgehead atoms. The number of aryl methyl sites for hydroxylation is 2. The van der Waals surface area contributed by atoms with Crippen molar-refractivity contribution in [3.8, 4) is 0 Å². The lowest BCUT2D eigenvalue weighted by Gasteiger charge is -2.09. The van der Waals surface area contributed by atoms with Crippen LogP contribution >= 0.6 is 0 Å². The highest BCUT2D eigenvalue weighted by Crippen LogP contribution is 2.18. The molecule has 1 aromatic rings. The second kappa shape index (κ2) is 21.2. The summed E-state index contributed by atoms with van der Waals surface area (Å²) in [6.07, 6.45) is 28.8. The smallest absolute Gasteiger partial charge is 0.335 e. The zero-order valence-electron chi connectivity index (χ0n) is 22.1. The lowest BCUT2D eigenvalue weighted by Crippen LogP contribution is -2.01. The second-order valence-electron chi connectivity index (χ2n) is 10.2. The third kappa shape index (κ3) is 16.9. The molecule has 0 heterocycles. The van der Waals surface area contributed by atoms with E-state index < -0.39 is 5.97 Å². The standard InChI is InChI=1S/C31H54O2/c1-3-5-7-9-11-13-15-17-19-21-23-28-25-29(27-30(26-28)31(32)33)24-22-20-18-16-14-12-10-8-6-4-2/h25-27H,3-24H2,1-2H3,(H,32,33). The van der Waals surface area contributed by atoms with Gasteiger partial charge in [-0.15, -0.1) is 0 Å². The predicted molar refractivity (Wildman–Crippen MR) is 144 cm³/mol. The van der Waals surface area contributed by atoms with E-state index >= 15 is 0 Å². The zero-order valence-corrected chi connectivity index (χ0v) is 22.1. The second-order valence-corrected chi connectivity index (χ2v) is 10.2. The van der Waals surface area contributed by atoms with E-state index in [0.717, 1.165) is 12.8 Å². The Balaban J connectivity index is 2.22. The minimum Gasteiger partial charge on any atom is -0.478 e. The SMILES string of the molecule is CCCCCCCCCCCCc1cc(CCCCCCCCCCCC)cc(C(=O)O)c1. The summed E-state index contributed by atoms with van der Waals surface area (Å²) in [7, 11) is 0. The monoisotopic (exact) mass is 458 g/mol. The Morgan fingerprint density at radius 2 is 0.818 bits per heavy atom. The Labute approximate surface area is 206 Å². The predicted octanol–water partition coefficient (Wildman–Crippen LogP) is 10.3. The molecule has 33 heavy (non-hydrogen) atoms. The van der Waals surface area contributed by atoms with Gasteiger partial charge in [-0.05, 0) is 48.9 Å². The molecule has 2 nitrogen and oxygen atoms in total. The van der Waals surface area contributed by atoms with Crippen LogP contribution in [0.1, 0.15) is 164 Å². The van der Waals surface area contributed by atoms with Crippen LogP contribution in [0.3, 0.4) is 0 Å². The van der Waals surface area contributed by atoms with Crippen LogP contribution in [0.4, 0.5) is 0 Å². The summed E-state index contributed by atoms with van der Waals surface area (Å²) in [5, 5.41) is 9.53. The average molecular weight is 459 g/mol. The van der Waals surface area contributed by atoms with E-state index in [2.05, 4.69) is 19.9 Å². The summed E-state index contributed by atoms with van der Waals surface area (Å²) in [6, 6.07) is 6.07. The lowest BCUT2D eigenvalue weighted by atomic mass is 9.97. The van der Waals surface area contributed by atoms with Crippen LogP contribution in [0.2, 0.25) is 0 Å². The highest BCUT2D eigenvalue weighted by molar-refractivity contribution is 5.88. The summed E-state index contributed by atoms with van der Waals surface area (Å²) in [4.78, 5) is 11.6. The number of carboxylic acids is 1. The summed E-state index contributed by atoms with van der Waals surface area (Å²) < 4.78 is 0. The first-order chi connectivity index (χ1) is 16.2. The Morgan fingerprint density at radius 3 is 1.12 bits per heavy atom. The van der Waals surface area contributed by atoms with Gasteiger partial charge in [-0.2, -0.15) is 0 Å². The molecule has 0 aliphatic carbocycles. The van der Waals surface area contributed by atoms with Gasteiger partial charge >= 0.3 is 5.97 Å². The molecule has 1 rings (SSSR count). The molecule has 190 valence electrons. The van der Waals surface area contributed by atoms with Gasteiger partial charge in [0, 0.05) is 0 Å². The minimum absolute atomic E-state index is 0.474. The van der Waals surface area contributed by atoms with Crippen LogP contribution in [0, 0.1) is 0 Å². The number of benzene rings is 1. The van der Waals surface area contributed by atoms with Crippen LogP contribution < -0.4 is 0 Å². The molecule has 0 aliphatic rings. The van der Waals surface area contributed by atoms with Crippen molar-refractivity contribution in [1.82, 2.24) is 0 Å². The van der Waals surface area contributed by atoms with Crippen molar-refractivity contribution >= 4 is 5.97 Å². The van der Waals surface area contributed by atoms with Gasteiger partial charge < -0.3 is 5.11 Å². The molecule has 0 atom stereocenters. The number of rotatable bonds is 23. The van der Waals surface area contributed by atoms with Gasteiger partial charge in [0.2, 0.25) is 0 Å². The maximum absolute atomic E-state index is 11.6. The van der Waals surface area contributed by atoms with E-state index in [1.54, 1.807) is 0 Å². The third-order valence-corrected chi connectivity index (χ3v) is 6.94. The lowest BCUT2D eigenvalue weighted by molar-refractivity contribution is 0.0696. The van der Waals surface area contributed by atoms with Crippen LogP contribution in [-0.2, 0) is 12.8 Å². The van der Waals surface area contributed by atoms with Gasteiger partial charge in [0.25, 0.3) is 0 Å². The zero-order chi connectivity index (χ0) is 24.0. The van der Waals surface area contributed by atoms with Gasteiger partial charge in [-0.1, -0.05) is 135 Å². The van der Waals surface area contributed by atoms with Crippen LogP contribution in [-0.4, -0.2) is 11.1 Å². The van der Waals surface area contributed by atoms with E-state index in [1.165, 1.54) is 140 Å². The number of hydrogen-bond donors (Lipinski definition) is 1. The molecule has 0 amide bonds. The van der Waals surface area contributed by atoms with Gasteiger partial charge in [0.15, 0.2) is 0 Å². The first-order valence-corrected chi connectivity index (χ1v) is 14.5. The molecule has 2 heteroatoms. The average Bonchev–Trinajstić information content (AvgIpc) is 2.81. The molecule has 0 radical (unpaired) electrons. The fraction of sp³-hybridized carbons (Fsp3) is 0.774. The van der Waals surface area contributed by atoms with Crippen LogP contribution in [0.5, 0.6) is 0 Å². The van der Waals surface area contributed by atoms with Crippen molar-refractivity contribution < 1.29 is 9.90 Å². The first-order valence-electron chi connectivity index (χ1n) is 14.5. The van der Waals surface area contributed by atoms with Crippen molar-refractivity contribution in [2.24, 2.45) is 0 Å². The first kappa shape index (κ1) is 29.7. The topological polar surface area (TPSA) is 37.3 Å². The van der Waals surface area contributed by atoms with E-state index in [9.17, 15) is 9.90 Å². The van der Waals surface area contributed by atoms with E-state index in [1.807, 2.05) is 12.1 Å². The van der Waals surface area contributed by atoms with Gasteiger partial charge in [0.1, 0.15) is 0 Å². The molecule has 0 aliphatic heterocycles. The highest BCUT2D eigenvalue weighted by Gasteiger charge is 2.07. The van der Waals surface area contributed by atoms with Crippen molar-refractivity contribution in [3.63, 3.8) is 0 Å².